The van der Waals surface area contributed by atoms with E-state index >= 15 is 0 Å². The Morgan fingerprint density at radius 3 is 2.18 bits per heavy atom. The van der Waals surface area contributed by atoms with Crippen molar-refractivity contribution in [3.63, 3.8) is 0 Å². The molecule has 0 bridgehead atoms. The fourth-order valence-electron chi connectivity index (χ4n) is 2.44. The molecule has 0 radical (unpaired) electrons. The molecule has 0 fully saturated rings. The van der Waals surface area contributed by atoms with Crippen LogP contribution in [0.3, 0.4) is 0 Å². The van der Waals surface area contributed by atoms with Crippen LogP contribution in [0.4, 0.5) is 0 Å². The van der Waals surface area contributed by atoms with Crippen LogP contribution >= 0.6 is 0 Å². The molecular weight excluding hydrogens is 380 g/mol. The Hall–Kier alpha value is -2.58. The minimum atomic E-state index is -3.86. The van der Waals surface area contributed by atoms with Crippen LogP contribution in [0.2, 0.25) is 0 Å². The highest BCUT2D eigenvalue weighted by atomic mass is 32.2. The smallest absolute Gasteiger partial charge is 0.275 e. The average molecular weight is 407 g/mol. The van der Waals surface area contributed by atoms with Crippen molar-refractivity contribution in [2.45, 2.75) is 44.6 Å². The SMILES string of the molecule is CCCc1ccc(S(=O)(=O)NNC(=O)[C@@H](C)Oc2ccc(OCC)cc2)cc1. The molecule has 0 aliphatic rings. The highest BCUT2D eigenvalue weighted by molar-refractivity contribution is 7.89. The summed E-state index contributed by atoms with van der Waals surface area (Å²) in [6.45, 7) is 6.02. The lowest BCUT2D eigenvalue weighted by Crippen LogP contribution is -2.47. The van der Waals surface area contributed by atoms with Gasteiger partial charge in [0, 0.05) is 0 Å². The van der Waals surface area contributed by atoms with Gasteiger partial charge < -0.3 is 9.47 Å². The molecule has 0 unspecified atom stereocenters. The summed E-state index contributed by atoms with van der Waals surface area (Å²) in [6.07, 6.45) is 0.963. The van der Waals surface area contributed by atoms with Crippen molar-refractivity contribution in [2.75, 3.05) is 6.61 Å². The second-order valence-corrected chi connectivity index (χ2v) is 7.84. The Bertz CT molecular complexity index is 864. The van der Waals surface area contributed by atoms with Crippen molar-refractivity contribution in [1.29, 1.82) is 0 Å². The van der Waals surface area contributed by atoms with Gasteiger partial charge in [-0.2, -0.15) is 0 Å². The highest BCUT2D eigenvalue weighted by Crippen LogP contribution is 2.18. The van der Waals surface area contributed by atoms with E-state index in [4.69, 9.17) is 9.47 Å². The van der Waals surface area contributed by atoms with Gasteiger partial charge in [-0.3, -0.25) is 10.2 Å². The third-order valence-electron chi connectivity index (χ3n) is 3.90. The number of aryl methyl sites for hydroxylation is 1. The summed E-state index contributed by atoms with van der Waals surface area (Å²) in [4.78, 5) is 14.3. The standard InChI is InChI=1S/C20H26N2O5S/c1-4-6-16-7-13-19(14-8-16)28(24,25)22-21-20(23)15(3)27-18-11-9-17(10-12-18)26-5-2/h7-15,22H,4-6H2,1-3H3,(H,21,23)/t15-/m1/s1. The predicted molar refractivity (Wildman–Crippen MR) is 107 cm³/mol. The molecule has 0 saturated heterocycles. The van der Waals surface area contributed by atoms with Crippen molar-refractivity contribution in [3.8, 4) is 11.5 Å². The van der Waals surface area contributed by atoms with Crippen LogP contribution in [-0.4, -0.2) is 27.0 Å². The summed E-state index contributed by atoms with van der Waals surface area (Å²) < 4.78 is 35.5. The molecule has 2 rings (SSSR count). The van der Waals surface area contributed by atoms with Gasteiger partial charge >= 0.3 is 0 Å². The first-order valence-corrected chi connectivity index (χ1v) is 10.6. The summed E-state index contributed by atoms with van der Waals surface area (Å²) in [6, 6.07) is 13.4. The van der Waals surface area contributed by atoms with E-state index in [0.29, 0.717) is 18.1 Å². The van der Waals surface area contributed by atoms with Crippen molar-refractivity contribution < 1.29 is 22.7 Å². The fraction of sp³-hybridized carbons (Fsp3) is 0.350. The lowest BCUT2D eigenvalue weighted by atomic mass is 10.1. The van der Waals surface area contributed by atoms with E-state index in [1.54, 1.807) is 36.4 Å². The number of rotatable bonds is 10. The minimum Gasteiger partial charge on any atom is -0.494 e. The fourth-order valence-corrected chi connectivity index (χ4v) is 3.29. The molecule has 152 valence electrons. The molecule has 28 heavy (non-hydrogen) atoms. The molecule has 2 aromatic rings. The Morgan fingerprint density at radius 1 is 1.00 bits per heavy atom. The number of sulfonamides is 1. The number of ether oxygens (including phenoxy) is 2. The molecule has 0 aliphatic carbocycles. The molecule has 1 atom stereocenters. The molecule has 2 aromatic carbocycles. The van der Waals surface area contributed by atoms with E-state index in [2.05, 4.69) is 17.2 Å². The Morgan fingerprint density at radius 2 is 1.61 bits per heavy atom. The normalized spacial score (nSPS) is 12.2. The highest BCUT2D eigenvalue weighted by Gasteiger charge is 2.19. The average Bonchev–Trinajstić information content (AvgIpc) is 2.68. The monoisotopic (exact) mass is 406 g/mol. The largest absolute Gasteiger partial charge is 0.494 e. The quantitative estimate of drug-likeness (QED) is 0.592. The number of amides is 1. The third kappa shape index (κ3) is 6.24. The lowest BCUT2D eigenvalue weighted by Gasteiger charge is -2.15. The predicted octanol–water partition coefficient (Wildman–Crippen LogP) is 2.81. The van der Waals surface area contributed by atoms with E-state index in [0.717, 1.165) is 18.4 Å². The van der Waals surface area contributed by atoms with Gasteiger partial charge in [0.1, 0.15) is 11.5 Å². The summed E-state index contributed by atoms with van der Waals surface area (Å²) in [7, 11) is -3.86. The first kappa shape index (κ1) is 21.7. The van der Waals surface area contributed by atoms with Crippen LogP contribution in [-0.2, 0) is 21.2 Å². The second-order valence-electron chi connectivity index (χ2n) is 6.15. The van der Waals surface area contributed by atoms with Crippen molar-refractivity contribution in [1.82, 2.24) is 10.3 Å². The van der Waals surface area contributed by atoms with Gasteiger partial charge in [0.05, 0.1) is 11.5 Å². The van der Waals surface area contributed by atoms with E-state index in [1.807, 2.05) is 6.92 Å². The zero-order valence-corrected chi connectivity index (χ0v) is 17.1. The van der Waals surface area contributed by atoms with Gasteiger partial charge in [0.25, 0.3) is 15.9 Å². The zero-order valence-electron chi connectivity index (χ0n) is 16.3. The molecule has 0 saturated carbocycles. The van der Waals surface area contributed by atoms with Crippen molar-refractivity contribution in [3.05, 3.63) is 54.1 Å². The summed E-state index contributed by atoms with van der Waals surface area (Å²) in [5, 5.41) is 0. The molecule has 0 heterocycles. The molecular formula is C20H26N2O5S. The van der Waals surface area contributed by atoms with Crippen LogP contribution in [0.1, 0.15) is 32.8 Å². The number of hydrogen-bond donors (Lipinski definition) is 2. The molecule has 1 amide bonds. The second kappa shape index (κ2) is 10.1. The maximum Gasteiger partial charge on any atom is 0.275 e. The maximum atomic E-state index is 12.3. The zero-order chi connectivity index (χ0) is 20.6. The minimum absolute atomic E-state index is 0.0766. The summed E-state index contributed by atoms with van der Waals surface area (Å²) in [5.41, 5.74) is 3.24. The van der Waals surface area contributed by atoms with Gasteiger partial charge in [-0.25, -0.2) is 8.42 Å². The topological polar surface area (TPSA) is 93.7 Å². The Kier molecular flexibility index (Phi) is 7.83. The van der Waals surface area contributed by atoms with E-state index in [-0.39, 0.29) is 4.90 Å². The van der Waals surface area contributed by atoms with Crippen LogP contribution in [0.15, 0.2) is 53.4 Å². The van der Waals surface area contributed by atoms with Gasteiger partial charge in [-0.1, -0.05) is 25.5 Å². The molecule has 7 nitrogen and oxygen atoms in total. The van der Waals surface area contributed by atoms with E-state index in [1.165, 1.54) is 19.1 Å². The lowest BCUT2D eigenvalue weighted by molar-refractivity contribution is -0.127. The van der Waals surface area contributed by atoms with Crippen LogP contribution in [0.5, 0.6) is 11.5 Å². The number of carbonyl (C=O) groups excluding carboxylic acids is 1. The Labute approximate surface area is 166 Å². The van der Waals surface area contributed by atoms with Gasteiger partial charge in [0.15, 0.2) is 6.10 Å². The number of nitrogens with one attached hydrogen (secondary N) is 2. The van der Waals surface area contributed by atoms with Crippen LogP contribution in [0.25, 0.3) is 0 Å². The molecule has 2 N–H and O–H groups in total. The molecule has 0 aliphatic heterocycles. The van der Waals surface area contributed by atoms with Crippen molar-refractivity contribution >= 4 is 15.9 Å². The Balaban J connectivity index is 1.90. The van der Waals surface area contributed by atoms with E-state index < -0.39 is 22.0 Å². The van der Waals surface area contributed by atoms with Gasteiger partial charge in [0.2, 0.25) is 0 Å². The van der Waals surface area contributed by atoms with Gasteiger partial charge in [-0.05, 0) is 62.2 Å². The number of carbonyl (C=O) groups is 1. The van der Waals surface area contributed by atoms with E-state index in [9.17, 15) is 13.2 Å². The number of hydrazine groups is 1. The number of hydrogen-bond acceptors (Lipinski definition) is 5. The molecule has 0 aromatic heterocycles. The first-order valence-electron chi connectivity index (χ1n) is 9.15. The van der Waals surface area contributed by atoms with Crippen molar-refractivity contribution in [2.24, 2.45) is 0 Å². The molecule has 0 spiro atoms. The summed E-state index contributed by atoms with van der Waals surface area (Å²) in [5.74, 6) is 0.560. The van der Waals surface area contributed by atoms with Gasteiger partial charge in [-0.15, -0.1) is 4.83 Å². The number of benzene rings is 2. The van der Waals surface area contributed by atoms with Crippen LogP contribution in [0, 0.1) is 0 Å². The van der Waals surface area contributed by atoms with Crippen LogP contribution < -0.4 is 19.7 Å². The molecule has 8 heteroatoms. The first-order chi connectivity index (χ1) is 13.4. The summed E-state index contributed by atoms with van der Waals surface area (Å²) >= 11 is 0. The third-order valence-corrected chi connectivity index (χ3v) is 5.16. The maximum absolute atomic E-state index is 12.3.